The molecule has 0 spiro atoms. The van der Waals surface area contributed by atoms with Gasteiger partial charge in [0.15, 0.2) is 0 Å². The van der Waals surface area contributed by atoms with E-state index in [4.69, 9.17) is 5.11 Å². The molecule has 6 nitrogen and oxygen atoms in total. The third-order valence-corrected chi connectivity index (χ3v) is 2.95. The lowest BCUT2D eigenvalue weighted by molar-refractivity contribution is -0.137. The van der Waals surface area contributed by atoms with E-state index < -0.39 is 5.97 Å². The van der Waals surface area contributed by atoms with Crippen LogP contribution in [0.5, 0.6) is 0 Å². The second-order valence-corrected chi connectivity index (χ2v) is 4.93. The molecule has 2 N–H and O–H groups in total. The largest absolute Gasteiger partial charge is 0.481 e. The second-order valence-electron chi connectivity index (χ2n) is 4.93. The van der Waals surface area contributed by atoms with E-state index in [1.54, 1.807) is 38.2 Å². The van der Waals surface area contributed by atoms with Crippen LogP contribution in [0.1, 0.15) is 30.1 Å². The summed E-state index contributed by atoms with van der Waals surface area (Å²) in [5.41, 5.74) is 0.520. The summed E-state index contributed by atoms with van der Waals surface area (Å²) in [6, 6.07) is 8.46. The molecule has 0 bridgehead atoms. The molecule has 0 saturated heterocycles. The second kappa shape index (κ2) is 8.04. The van der Waals surface area contributed by atoms with Gasteiger partial charge in [0, 0.05) is 25.1 Å². The number of hydrogen-bond acceptors (Lipinski definition) is 3. The fraction of sp³-hybridized carbons (Fsp3) is 0.400. The molecule has 0 fully saturated rings. The van der Waals surface area contributed by atoms with Gasteiger partial charge in [0.25, 0.3) is 5.91 Å². The van der Waals surface area contributed by atoms with Crippen LogP contribution >= 0.6 is 0 Å². The first-order valence-electron chi connectivity index (χ1n) is 6.72. The van der Waals surface area contributed by atoms with Crippen LogP contribution in [0.15, 0.2) is 30.3 Å². The van der Waals surface area contributed by atoms with Gasteiger partial charge in [0.05, 0.1) is 6.54 Å². The first kappa shape index (κ1) is 16.7. The van der Waals surface area contributed by atoms with Gasteiger partial charge in [0.2, 0.25) is 5.91 Å². The Labute approximate surface area is 123 Å². The molecule has 0 radical (unpaired) electrons. The fourth-order valence-electron chi connectivity index (χ4n) is 1.82. The van der Waals surface area contributed by atoms with Gasteiger partial charge in [-0.25, -0.2) is 0 Å². The number of nitrogens with one attached hydrogen (secondary N) is 1. The lowest BCUT2D eigenvalue weighted by Crippen LogP contribution is -2.41. The summed E-state index contributed by atoms with van der Waals surface area (Å²) in [7, 11) is 1.55. The summed E-state index contributed by atoms with van der Waals surface area (Å²) < 4.78 is 0. The predicted octanol–water partition coefficient (Wildman–Crippen LogP) is 1.13. The highest BCUT2D eigenvalue weighted by molar-refractivity contribution is 5.96. The zero-order valence-corrected chi connectivity index (χ0v) is 12.2. The highest BCUT2D eigenvalue weighted by Gasteiger charge is 2.16. The van der Waals surface area contributed by atoms with Crippen molar-refractivity contribution < 1.29 is 19.5 Å². The molecule has 1 unspecified atom stereocenters. The van der Waals surface area contributed by atoms with Crippen LogP contribution in [0.2, 0.25) is 0 Å². The van der Waals surface area contributed by atoms with Gasteiger partial charge in [-0.1, -0.05) is 18.2 Å². The zero-order valence-electron chi connectivity index (χ0n) is 12.2. The van der Waals surface area contributed by atoms with E-state index in [1.807, 2.05) is 6.07 Å². The summed E-state index contributed by atoms with van der Waals surface area (Å²) in [6.45, 7) is 1.67. The Morgan fingerprint density at radius 3 is 2.43 bits per heavy atom. The van der Waals surface area contributed by atoms with Crippen LogP contribution in [0.25, 0.3) is 0 Å². The average Bonchev–Trinajstić information content (AvgIpc) is 2.45. The molecule has 6 heteroatoms. The van der Waals surface area contributed by atoms with Crippen molar-refractivity contribution in [2.75, 3.05) is 13.6 Å². The molecular formula is C15H20N2O4. The normalized spacial score (nSPS) is 11.5. The number of rotatable bonds is 7. The molecule has 1 rings (SSSR count). The number of amides is 2. The summed E-state index contributed by atoms with van der Waals surface area (Å²) in [6.07, 6.45) is 0.359. The van der Waals surface area contributed by atoms with Crippen LogP contribution in [0.3, 0.4) is 0 Å². The van der Waals surface area contributed by atoms with Crippen molar-refractivity contribution >= 4 is 17.8 Å². The predicted molar refractivity (Wildman–Crippen MR) is 77.9 cm³/mol. The van der Waals surface area contributed by atoms with Gasteiger partial charge in [-0.05, 0) is 25.5 Å². The topological polar surface area (TPSA) is 86.7 Å². The molecule has 1 aromatic carbocycles. The van der Waals surface area contributed by atoms with Gasteiger partial charge in [-0.2, -0.15) is 0 Å². The van der Waals surface area contributed by atoms with E-state index >= 15 is 0 Å². The standard InChI is InChI=1S/C15H20N2O4/c1-11(8-9-14(19)20)16-13(18)10-17(2)15(21)12-6-4-3-5-7-12/h3-7,11H,8-10H2,1-2H3,(H,16,18)(H,19,20). The van der Waals surface area contributed by atoms with Gasteiger partial charge < -0.3 is 15.3 Å². The van der Waals surface area contributed by atoms with Crippen LogP contribution in [-0.4, -0.2) is 47.4 Å². The molecule has 114 valence electrons. The van der Waals surface area contributed by atoms with Crippen molar-refractivity contribution in [3.05, 3.63) is 35.9 Å². The van der Waals surface area contributed by atoms with Gasteiger partial charge in [-0.3, -0.25) is 14.4 Å². The number of carbonyl (C=O) groups is 3. The molecule has 0 aromatic heterocycles. The number of nitrogens with zero attached hydrogens (tertiary/aromatic N) is 1. The molecule has 0 aliphatic heterocycles. The Morgan fingerprint density at radius 2 is 1.86 bits per heavy atom. The number of carbonyl (C=O) groups excluding carboxylic acids is 2. The minimum Gasteiger partial charge on any atom is -0.481 e. The van der Waals surface area contributed by atoms with Gasteiger partial charge >= 0.3 is 5.97 Å². The first-order chi connectivity index (χ1) is 9.90. The fourth-order valence-corrected chi connectivity index (χ4v) is 1.82. The minimum atomic E-state index is -0.896. The Hall–Kier alpha value is -2.37. The molecule has 0 saturated carbocycles. The first-order valence-corrected chi connectivity index (χ1v) is 6.72. The maximum atomic E-state index is 12.0. The van der Waals surface area contributed by atoms with E-state index in [0.717, 1.165) is 0 Å². The van der Waals surface area contributed by atoms with Crippen molar-refractivity contribution in [1.82, 2.24) is 10.2 Å². The number of aliphatic carboxylic acids is 1. The summed E-state index contributed by atoms with van der Waals surface area (Å²) >= 11 is 0. The monoisotopic (exact) mass is 292 g/mol. The number of carboxylic acid groups (broad SMARTS) is 1. The number of carboxylic acids is 1. The van der Waals surface area contributed by atoms with Crippen molar-refractivity contribution in [2.24, 2.45) is 0 Å². The van der Waals surface area contributed by atoms with Crippen molar-refractivity contribution in [3.8, 4) is 0 Å². The third-order valence-electron chi connectivity index (χ3n) is 2.95. The maximum absolute atomic E-state index is 12.0. The van der Waals surface area contributed by atoms with Gasteiger partial charge in [0.1, 0.15) is 0 Å². The smallest absolute Gasteiger partial charge is 0.303 e. The summed E-state index contributed by atoms with van der Waals surface area (Å²) in [5, 5.41) is 11.3. The van der Waals surface area contributed by atoms with Crippen LogP contribution in [-0.2, 0) is 9.59 Å². The van der Waals surface area contributed by atoms with E-state index in [0.29, 0.717) is 12.0 Å². The van der Waals surface area contributed by atoms with Crippen molar-refractivity contribution in [2.45, 2.75) is 25.8 Å². The Balaban J connectivity index is 2.43. The van der Waals surface area contributed by atoms with Gasteiger partial charge in [-0.15, -0.1) is 0 Å². The van der Waals surface area contributed by atoms with E-state index in [2.05, 4.69) is 5.32 Å². The zero-order chi connectivity index (χ0) is 15.8. The molecule has 0 heterocycles. The van der Waals surface area contributed by atoms with Crippen molar-refractivity contribution in [3.63, 3.8) is 0 Å². The number of benzene rings is 1. The molecule has 0 aliphatic carbocycles. The number of likely N-dealkylation sites (N-methyl/N-ethyl adjacent to an activating group) is 1. The van der Waals surface area contributed by atoms with Crippen LogP contribution in [0.4, 0.5) is 0 Å². The quantitative estimate of drug-likeness (QED) is 0.788. The Bertz CT molecular complexity index is 502. The lowest BCUT2D eigenvalue weighted by atomic mass is 10.2. The third kappa shape index (κ3) is 6.07. The van der Waals surface area contributed by atoms with E-state index in [9.17, 15) is 14.4 Å². The summed E-state index contributed by atoms with van der Waals surface area (Å²) in [4.78, 5) is 35.6. The molecule has 2 amide bonds. The van der Waals surface area contributed by atoms with E-state index in [1.165, 1.54) is 4.90 Å². The minimum absolute atomic E-state index is 0.000230. The molecule has 1 aromatic rings. The average molecular weight is 292 g/mol. The Kier molecular flexibility index (Phi) is 6.39. The number of hydrogen-bond donors (Lipinski definition) is 2. The summed E-state index contributed by atoms with van der Waals surface area (Å²) in [5.74, 6) is -1.43. The Morgan fingerprint density at radius 1 is 1.24 bits per heavy atom. The molecule has 21 heavy (non-hydrogen) atoms. The molecule has 0 aliphatic rings. The highest BCUT2D eigenvalue weighted by Crippen LogP contribution is 2.03. The molecular weight excluding hydrogens is 272 g/mol. The molecule has 1 atom stereocenters. The SMILES string of the molecule is CC(CCC(=O)O)NC(=O)CN(C)C(=O)c1ccccc1. The van der Waals surface area contributed by atoms with Crippen LogP contribution < -0.4 is 5.32 Å². The van der Waals surface area contributed by atoms with E-state index in [-0.39, 0.29) is 30.8 Å². The lowest BCUT2D eigenvalue weighted by Gasteiger charge is -2.19. The maximum Gasteiger partial charge on any atom is 0.303 e. The van der Waals surface area contributed by atoms with Crippen LogP contribution in [0, 0.1) is 0 Å². The highest BCUT2D eigenvalue weighted by atomic mass is 16.4. The van der Waals surface area contributed by atoms with Crippen molar-refractivity contribution in [1.29, 1.82) is 0 Å².